The van der Waals surface area contributed by atoms with E-state index >= 15 is 0 Å². The molecule has 1 aliphatic heterocycles. The van der Waals surface area contributed by atoms with Crippen LogP contribution in [0.2, 0.25) is 10.0 Å². The second-order valence-corrected chi connectivity index (χ2v) is 5.55. The largest absolute Gasteiger partial charge is 0.493 e. The molecule has 0 spiro atoms. The Hall–Kier alpha value is -0.970. The Morgan fingerprint density at radius 3 is 2.90 bits per heavy atom. The highest BCUT2D eigenvalue weighted by Crippen LogP contribution is 2.26. The van der Waals surface area contributed by atoms with Crippen molar-refractivity contribution in [3.8, 4) is 5.75 Å². The van der Waals surface area contributed by atoms with Crippen molar-refractivity contribution in [3.05, 3.63) is 28.2 Å². The summed E-state index contributed by atoms with van der Waals surface area (Å²) < 4.78 is 5.49. The Morgan fingerprint density at radius 2 is 2.20 bits per heavy atom. The molecule has 0 aliphatic carbocycles. The van der Waals surface area contributed by atoms with Crippen LogP contribution in [-0.4, -0.2) is 41.7 Å². The van der Waals surface area contributed by atoms with Gasteiger partial charge in [-0.3, -0.25) is 4.79 Å². The summed E-state index contributed by atoms with van der Waals surface area (Å²) >= 11 is 11.7. The maximum absolute atomic E-state index is 12.0. The molecule has 0 bridgehead atoms. The van der Waals surface area contributed by atoms with Crippen molar-refractivity contribution >= 4 is 29.1 Å². The second-order valence-electron chi connectivity index (χ2n) is 4.74. The van der Waals surface area contributed by atoms with E-state index in [1.54, 1.807) is 23.1 Å². The number of halogens is 2. The lowest BCUT2D eigenvalue weighted by atomic mass is 10.2. The summed E-state index contributed by atoms with van der Waals surface area (Å²) in [4.78, 5) is 13.7. The van der Waals surface area contributed by atoms with Crippen LogP contribution < -0.4 is 4.74 Å². The zero-order valence-electron chi connectivity index (χ0n) is 11.0. The summed E-state index contributed by atoms with van der Waals surface area (Å²) in [5.41, 5.74) is 0. The van der Waals surface area contributed by atoms with Gasteiger partial charge in [-0.05, 0) is 25.0 Å². The molecule has 0 saturated carbocycles. The third kappa shape index (κ3) is 3.78. The van der Waals surface area contributed by atoms with Gasteiger partial charge in [0.2, 0.25) is 5.91 Å². The molecule has 0 aromatic heterocycles. The van der Waals surface area contributed by atoms with E-state index in [0.717, 1.165) is 19.4 Å². The van der Waals surface area contributed by atoms with E-state index < -0.39 is 0 Å². The van der Waals surface area contributed by atoms with Crippen LogP contribution in [0.4, 0.5) is 0 Å². The van der Waals surface area contributed by atoms with Gasteiger partial charge in [-0.25, -0.2) is 0 Å². The lowest BCUT2D eigenvalue weighted by Crippen LogP contribution is -2.38. The summed E-state index contributed by atoms with van der Waals surface area (Å²) in [5, 5.41) is 10.1. The maximum atomic E-state index is 12.0. The molecule has 4 nitrogen and oxygen atoms in total. The molecule has 1 amide bonds. The highest BCUT2D eigenvalue weighted by atomic mass is 35.5. The molecule has 0 radical (unpaired) electrons. The zero-order valence-corrected chi connectivity index (χ0v) is 12.5. The minimum atomic E-state index is -0.0347. The Balaban J connectivity index is 1.80. The number of benzene rings is 1. The van der Waals surface area contributed by atoms with E-state index in [1.807, 2.05) is 0 Å². The van der Waals surface area contributed by atoms with Crippen LogP contribution in [0.5, 0.6) is 5.75 Å². The zero-order chi connectivity index (χ0) is 14.5. The Morgan fingerprint density at radius 1 is 1.40 bits per heavy atom. The van der Waals surface area contributed by atoms with Gasteiger partial charge in [0, 0.05) is 12.6 Å². The quantitative estimate of drug-likeness (QED) is 0.908. The lowest BCUT2D eigenvalue weighted by molar-refractivity contribution is -0.133. The number of aliphatic hydroxyl groups excluding tert-OH is 1. The fourth-order valence-electron chi connectivity index (χ4n) is 2.32. The van der Waals surface area contributed by atoms with Crippen LogP contribution >= 0.6 is 23.2 Å². The van der Waals surface area contributed by atoms with Crippen molar-refractivity contribution in [2.45, 2.75) is 25.3 Å². The molecule has 1 saturated heterocycles. The van der Waals surface area contributed by atoms with E-state index in [-0.39, 0.29) is 31.6 Å². The van der Waals surface area contributed by atoms with Crippen molar-refractivity contribution in [2.24, 2.45) is 0 Å². The first-order valence-electron chi connectivity index (χ1n) is 6.60. The topological polar surface area (TPSA) is 49.8 Å². The number of amides is 1. The van der Waals surface area contributed by atoms with Gasteiger partial charge in [-0.15, -0.1) is 0 Å². The highest BCUT2D eigenvalue weighted by Gasteiger charge is 2.27. The molecule has 1 aromatic rings. The molecule has 110 valence electrons. The van der Waals surface area contributed by atoms with Gasteiger partial charge in [-0.2, -0.15) is 0 Å². The lowest BCUT2D eigenvalue weighted by Gasteiger charge is -2.23. The molecule has 20 heavy (non-hydrogen) atoms. The maximum Gasteiger partial charge on any atom is 0.226 e. The number of carbonyl (C=O) groups excluding carboxylic acids is 1. The van der Waals surface area contributed by atoms with Crippen molar-refractivity contribution in [1.29, 1.82) is 0 Å². The number of hydrogen-bond acceptors (Lipinski definition) is 3. The summed E-state index contributed by atoms with van der Waals surface area (Å²) in [6, 6.07) is 4.96. The monoisotopic (exact) mass is 317 g/mol. The summed E-state index contributed by atoms with van der Waals surface area (Å²) in [6.07, 6.45) is 2.11. The van der Waals surface area contributed by atoms with Gasteiger partial charge in [0.25, 0.3) is 0 Å². The Labute approximate surface area is 128 Å². The van der Waals surface area contributed by atoms with Gasteiger partial charge < -0.3 is 14.7 Å². The first-order chi connectivity index (χ1) is 9.61. The Bertz CT molecular complexity index is 481. The van der Waals surface area contributed by atoms with Crippen LogP contribution in [0.25, 0.3) is 0 Å². The predicted octanol–water partition coefficient (Wildman–Crippen LogP) is 2.75. The van der Waals surface area contributed by atoms with Gasteiger partial charge in [0.15, 0.2) is 0 Å². The molecule has 1 aliphatic rings. The number of carbonyl (C=O) groups is 1. The smallest absolute Gasteiger partial charge is 0.226 e. The molecule has 1 N–H and O–H groups in total. The minimum absolute atomic E-state index is 0.0154. The first-order valence-corrected chi connectivity index (χ1v) is 7.35. The van der Waals surface area contributed by atoms with E-state index in [2.05, 4.69) is 0 Å². The number of rotatable bonds is 5. The van der Waals surface area contributed by atoms with Crippen LogP contribution in [0.15, 0.2) is 18.2 Å². The molecule has 1 aromatic carbocycles. The first kappa shape index (κ1) is 15.4. The number of likely N-dealkylation sites (tertiary alicyclic amines) is 1. The van der Waals surface area contributed by atoms with Crippen LogP contribution in [0.3, 0.4) is 0 Å². The van der Waals surface area contributed by atoms with Gasteiger partial charge in [0.05, 0.1) is 35.7 Å². The van der Waals surface area contributed by atoms with Crippen LogP contribution in [-0.2, 0) is 4.79 Å². The van der Waals surface area contributed by atoms with E-state index in [1.165, 1.54) is 0 Å². The van der Waals surface area contributed by atoms with Crippen LogP contribution in [0.1, 0.15) is 19.3 Å². The normalized spacial score (nSPS) is 18.4. The van der Waals surface area contributed by atoms with Crippen molar-refractivity contribution in [1.82, 2.24) is 4.90 Å². The minimum Gasteiger partial charge on any atom is -0.493 e. The Kier molecular flexibility index (Phi) is 5.52. The van der Waals surface area contributed by atoms with E-state index in [4.69, 9.17) is 27.9 Å². The van der Waals surface area contributed by atoms with Crippen molar-refractivity contribution in [2.75, 3.05) is 19.8 Å². The van der Waals surface area contributed by atoms with Gasteiger partial charge in [0.1, 0.15) is 5.75 Å². The second kappa shape index (κ2) is 7.16. The number of hydrogen-bond donors (Lipinski definition) is 1. The number of ether oxygens (including phenoxy) is 1. The average Bonchev–Trinajstić information content (AvgIpc) is 2.91. The van der Waals surface area contributed by atoms with Gasteiger partial charge >= 0.3 is 0 Å². The number of nitrogens with zero attached hydrogens (tertiary/aromatic N) is 1. The number of aliphatic hydroxyl groups is 1. The van der Waals surface area contributed by atoms with Gasteiger partial charge in [-0.1, -0.05) is 23.2 Å². The summed E-state index contributed by atoms with van der Waals surface area (Å²) in [5.74, 6) is 0.606. The standard InChI is InChI=1S/C14H17Cl2NO3/c15-12-4-3-11(8-13(12)16)20-7-5-14(19)17-6-1-2-10(17)9-18/h3-4,8,10,18H,1-2,5-7,9H2/t10-/m1/s1. The molecule has 2 rings (SSSR count). The van der Waals surface area contributed by atoms with E-state index in [9.17, 15) is 9.90 Å². The van der Waals surface area contributed by atoms with E-state index in [0.29, 0.717) is 15.8 Å². The molecular formula is C14H17Cl2NO3. The average molecular weight is 318 g/mol. The molecule has 1 heterocycles. The SMILES string of the molecule is O=C(CCOc1ccc(Cl)c(Cl)c1)N1CCC[C@@H]1CO. The summed E-state index contributed by atoms with van der Waals surface area (Å²) in [6.45, 7) is 1.03. The molecular weight excluding hydrogens is 301 g/mol. The van der Waals surface area contributed by atoms with Crippen molar-refractivity contribution < 1.29 is 14.6 Å². The fourth-order valence-corrected chi connectivity index (χ4v) is 2.61. The third-order valence-corrected chi connectivity index (χ3v) is 4.12. The highest BCUT2D eigenvalue weighted by molar-refractivity contribution is 6.42. The molecule has 0 unspecified atom stereocenters. The third-order valence-electron chi connectivity index (χ3n) is 3.38. The molecule has 1 atom stereocenters. The fraction of sp³-hybridized carbons (Fsp3) is 0.500. The molecule has 1 fully saturated rings. The molecule has 6 heteroatoms. The van der Waals surface area contributed by atoms with Crippen LogP contribution in [0, 0.1) is 0 Å². The van der Waals surface area contributed by atoms with Crippen molar-refractivity contribution in [3.63, 3.8) is 0 Å². The summed E-state index contributed by atoms with van der Waals surface area (Å²) in [7, 11) is 0. The predicted molar refractivity (Wildman–Crippen MR) is 78.4 cm³/mol.